The van der Waals surface area contributed by atoms with Crippen molar-refractivity contribution in [3.63, 3.8) is 0 Å². The Bertz CT molecular complexity index is 938. The van der Waals surface area contributed by atoms with Crippen LogP contribution >= 0.6 is 11.6 Å². The van der Waals surface area contributed by atoms with Crippen LogP contribution in [0.25, 0.3) is 10.9 Å². The van der Waals surface area contributed by atoms with Gasteiger partial charge in [0.15, 0.2) is 0 Å². The molecule has 2 aromatic heterocycles. The summed E-state index contributed by atoms with van der Waals surface area (Å²) in [6, 6.07) is 5.89. The lowest BCUT2D eigenvalue weighted by atomic mass is 9.91. The van der Waals surface area contributed by atoms with Gasteiger partial charge in [0.2, 0.25) is 5.91 Å². The number of hydrogen-bond acceptors (Lipinski definition) is 3. The van der Waals surface area contributed by atoms with E-state index in [1.165, 1.54) is 5.56 Å². The van der Waals surface area contributed by atoms with Crippen molar-refractivity contribution < 1.29 is 9.32 Å². The minimum absolute atomic E-state index is 0.00268. The molecule has 1 aromatic carbocycles. The van der Waals surface area contributed by atoms with Gasteiger partial charge in [-0.05, 0) is 56.9 Å². The molecule has 0 bridgehead atoms. The van der Waals surface area contributed by atoms with Crippen LogP contribution in [0.4, 0.5) is 0 Å². The topological polar surface area (TPSA) is 70.9 Å². The molecule has 2 heterocycles. The molecule has 1 aliphatic rings. The highest BCUT2D eigenvalue weighted by Crippen LogP contribution is 2.35. The van der Waals surface area contributed by atoms with Gasteiger partial charge in [0.25, 0.3) is 0 Å². The number of amides is 1. The number of nitrogens with one attached hydrogen (secondary N) is 2. The number of carbonyl (C=O) groups excluding carboxylic acids is 1. The number of halogens is 1. The van der Waals surface area contributed by atoms with Crippen molar-refractivity contribution in [1.82, 2.24) is 15.5 Å². The number of carbonyl (C=O) groups is 1. The maximum absolute atomic E-state index is 12.5. The molecule has 6 heteroatoms. The van der Waals surface area contributed by atoms with Gasteiger partial charge in [-0.3, -0.25) is 4.79 Å². The molecule has 2 N–H and O–H groups in total. The smallest absolute Gasteiger partial charge is 0.225 e. The fourth-order valence-corrected chi connectivity index (χ4v) is 3.91. The van der Waals surface area contributed by atoms with Crippen LogP contribution in [0.3, 0.4) is 0 Å². The van der Waals surface area contributed by atoms with E-state index in [0.29, 0.717) is 12.2 Å². The molecule has 0 radical (unpaired) electrons. The van der Waals surface area contributed by atoms with Crippen LogP contribution in [0.2, 0.25) is 5.02 Å². The van der Waals surface area contributed by atoms with Crippen molar-refractivity contribution >= 4 is 28.4 Å². The van der Waals surface area contributed by atoms with E-state index < -0.39 is 0 Å². The third kappa shape index (κ3) is 2.93. The minimum Gasteiger partial charge on any atom is -0.361 e. The number of rotatable bonds is 3. The zero-order chi connectivity index (χ0) is 17.6. The van der Waals surface area contributed by atoms with Crippen LogP contribution in [-0.2, 0) is 17.6 Å². The van der Waals surface area contributed by atoms with Crippen LogP contribution in [0.15, 0.2) is 22.7 Å². The summed E-state index contributed by atoms with van der Waals surface area (Å²) in [5.74, 6) is 0.696. The number of benzene rings is 1. The van der Waals surface area contributed by atoms with Crippen molar-refractivity contribution in [2.45, 2.75) is 45.6 Å². The molecular weight excluding hydrogens is 338 g/mol. The molecule has 25 heavy (non-hydrogen) atoms. The van der Waals surface area contributed by atoms with Gasteiger partial charge in [-0.1, -0.05) is 16.8 Å². The summed E-state index contributed by atoms with van der Waals surface area (Å²) in [6.45, 7) is 3.70. The van der Waals surface area contributed by atoms with Crippen molar-refractivity contribution in [3.8, 4) is 0 Å². The molecule has 5 nitrogen and oxygen atoms in total. The number of aromatic nitrogens is 2. The van der Waals surface area contributed by atoms with Crippen molar-refractivity contribution in [1.29, 1.82) is 0 Å². The van der Waals surface area contributed by atoms with E-state index in [0.717, 1.165) is 52.1 Å². The van der Waals surface area contributed by atoms with E-state index in [2.05, 4.69) is 15.5 Å². The van der Waals surface area contributed by atoms with Gasteiger partial charge in [0, 0.05) is 27.2 Å². The first-order valence-electron chi connectivity index (χ1n) is 8.54. The average molecular weight is 358 g/mol. The second kappa shape index (κ2) is 6.23. The van der Waals surface area contributed by atoms with E-state index in [-0.39, 0.29) is 11.9 Å². The fourth-order valence-electron chi connectivity index (χ4n) is 3.74. The largest absolute Gasteiger partial charge is 0.361 e. The summed E-state index contributed by atoms with van der Waals surface area (Å²) in [5.41, 5.74) is 5.09. The number of fused-ring (bicyclic) bond motifs is 3. The highest BCUT2D eigenvalue weighted by atomic mass is 35.5. The predicted octanol–water partition coefficient (Wildman–Crippen LogP) is 4.16. The van der Waals surface area contributed by atoms with Crippen LogP contribution in [0.1, 0.15) is 47.2 Å². The monoisotopic (exact) mass is 357 g/mol. The Morgan fingerprint density at radius 3 is 3.04 bits per heavy atom. The van der Waals surface area contributed by atoms with E-state index >= 15 is 0 Å². The first-order valence-corrected chi connectivity index (χ1v) is 8.92. The Labute approximate surface area is 150 Å². The van der Waals surface area contributed by atoms with Gasteiger partial charge in [-0.15, -0.1) is 0 Å². The normalized spacial score (nSPS) is 16.8. The maximum atomic E-state index is 12.5. The van der Waals surface area contributed by atoms with Gasteiger partial charge in [0.05, 0.1) is 18.2 Å². The second-order valence-corrected chi connectivity index (χ2v) is 7.14. The van der Waals surface area contributed by atoms with Gasteiger partial charge in [-0.25, -0.2) is 0 Å². The van der Waals surface area contributed by atoms with Gasteiger partial charge >= 0.3 is 0 Å². The predicted molar refractivity (Wildman–Crippen MR) is 96.8 cm³/mol. The van der Waals surface area contributed by atoms with E-state index in [1.807, 2.05) is 32.0 Å². The molecule has 0 saturated carbocycles. The number of aryl methyl sites for hydroxylation is 3. The quantitative estimate of drug-likeness (QED) is 0.739. The van der Waals surface area contributed by atoms with Gasteiger partial charge in [0.1, 0.15) is 5.76 Å². The first kappa shape index (κ1) is 16.2. The third-order valence-corrected chi connectivity index (χ3v) is 5.26. The Hall–Kier alpha value is -2.27. The lowest BCUT2D eigenvalue weighted by molar-refractivity contribution is -0.121. The molecule has 130 valence electrons. The maximum Gasteiger partial charge on any atom is 0.225 e. The molecule has 3 aromatic rings. The van der Waals surface area contributed by atoms with Crippen LogP contribution in [-0.4, -0.2) is 16.0 Å². The van der Waals surface area contributed by atoms with Crippen molar-refractivity contribution in [3.05, 3.63) is 51.5 Å². The van der Waals surface area contributed by atoms with Crippen LogP contribution in [0, 0.1) is 13.8 Å². The zero-order valence-electron chi connectivity index (χ0n) is 14.3. The molecule has 0 fully saturated rings. The van der Waals surface area contributed by atoms with Crippen LogP contribution < -0.4 is 5.32 Å². The Morgan fingerprint density at radius 2 is 2.28 bits per heavy atom. The molecule has 0 spiro atoms. The summed E-state index contributed by atoms with van der Waals surface area (Å²) in [5, 5.41) is 8.98. The summed E-state index contributed by atoms with van der Waals surface area (Å²) < 4.78 is 5.14. The highest BCUT2D eigenvalue weighted by molar-refractivity contribution is 6.31. The van der Waals surface area contributed by atoms with E-state index in [1.54, 1.807) is 0 Å². The zero-order valence-corrected chi connectivity index (χ0v) is 15.0. The summed E-state index contributed by atoms with van der Waals surface area (Å²) in [7, 11) is 0. The van der Waals surface area contributed by atoms with Crippen molar-refractivity contribution in [2.75, 3.05) is 0 Å². The first-order chi connectivity index (χ1) is 12.0. The molecule has 1 amide bonds. The molecule has 0 aliphatic heterocycles. The SMILES string of the molecule is Cc1noc(C)c1CC(=O)NC1CCCc2c1[nH]c1ccc(Cl)cc21. The standard InChI is InChI=1S/C19H20ClN3O2/c1-10-14(11(2)25-23-10)9-18(24)21-17-5-3-4-13-15-8-12(20)6-7-16(15)22-19(13)17/h6-8,17,22H,3-5,9H2,1-2H3,(H,21,24). The van der Waals surface area contributed by atoms with Crippen LogP contribution in [0.5, 0.6) is 0 Å². The van der Waals surface area contributed by atoms with Crippen molar-refractivity contribution in [2.24, 2.45) is 0 Å². The molecule has 1 unspecified atom stereocenters. The molecular formula is C19H20ClN3O2. The lowest BCUT2D eigenvalue weighted by Crippen LogP contribution is -2.32. The molecule has 0 saturated heterocycles. The molecule has 4 rings (SSSR count). The Balaban J connectivity index is 1.59. The number of nitrogens with zero attached hydrogens (tertiary/aromatic N) is 1. The highest BCUT2D eigenvalue weighted by Gasteiger charge is 2.26. The minimum atomic E-state index is -0.0102. The Morgan fingerprint density at radius 1 is 1.44 bits per heavy atom. The van der Waals surface area contributed by atoms with Gasteiger partial charge in [-0.2, -0.15) is 0 Å². The lowest BCUT2D eigenvalue weighted by Gasteiger charge is -2.24. The third-order valence-electron chi connectivity index (χ3n) is 5.02. The summed E-state index contributed by atoms with van der Waals surface area (Å²) >= 11 is 6.15. The van der Waals surface area contributed by atoms with E-state index in [9.17, 15) is 4.79 Å². The molecule has 1 aliphatic carbocycles. The number of H-pyrrole nitrogens is 1. The number of aromatic amines is 1. The average Bonchev–Trinajstić information content (AvgIpc) is 3.10. The number of hydrogen-bond donors (Lipinski definition) is 2. The fraction of sp³-hybridized carbons (Fsp3) is 0.368. The molecule has 1 atom stereocenters. The van der Waals surface area contributed by atoms with E-state index in [4.69, 9.17) is 16.1 Å². The summed E-state index contributed by atoms with van der Waals surface area (Å²) in [4.78, 5) is 16.0. The van der Waals surface area contributed by atoms with Gasteiger partial charge < -0.3 is 14.8 Å². The second-order valence-electron chi connectivity index (χ2n) is 6.70. The Kier molecular flexibility index (Phi) is 4.04. The summed E-state index contributed by atoms with van der Waals surface area (Å²) in [6.07, 6.45) is 3.27.